The number of nitrogens with zero attached hydrogens (tertiary/aromatic N) is 2. The molecule has 0 atom stereocenters. The van der Waals surface area contributed by atoms with Crippen LogP contribution < -0.4 is 10.6 Å². The Labute approximate surface area is 213 Å². The maximum Gasteiger partial charge on any atom is 0.199 e. The Bertz CT molecular complexity index is 1970. The van der Waals surface area contributed by atoms with Crippen molar-refractivity contribution < 1.29 is 8.83 Å². The Morgan fingerprint density at radius 1 is 0.703 bits per heavy atom. The molecule has 0 spiro atoms. The lowest BCUT2D eigenvalue weighted by atomic mass is 10.1. The van der Waals surface area contributed by atoms with Crippen molar-refractivity contribution >= 4 is 72.8 Å². The van der Waals surface area contributed by atoms with Gasteiger partial charge in [0, 0.05) is 27.9 Å². The standard InChI is InChI=1S/C32H23N3O2/c1-2-9-23-22-14-8-16-26(30(22)37-32(23)33)35(25-15-7-11-20-10-3-4-12-21(20)25)27-18-19-34-29-24-13-5-6-17-28(24)36-31(27)29/h2-19H,33H2,1H3/b9-2-. The lowest BCUT2D eigenvalue weighted by Crippen LogP contribution is -2.11. The largest absolute Gasteiger partial charge is 0.452 e. The number of aromatic nitrogens is 1. The van der Waals surface area contributed by atoms with Gasteiger partial charge in [-0.2, -0.15) is 0 Å². The maximum absolute atomic E-state index is 6.43. The van der Waals surface area contributed by atoms with Crippen LogP contribution in [-0.2, 0) is 0 Å². The number of para-hydroxylation sites is 2. The molecule has 7 aromatic rings. The van der Waals surface area contributed by atoms with Gasteiger partial charge < -0.3 is 19.5 Å². The topological polar surface area (TPSA) is 68.4 Å². The summed E-state index contributed by atoms with van der Waals surface area (Å²) in [5.74, 6) is 0.391. The van der Waals surface area contributed by atoms with E-state index in [1.807, 2.05) is 67.7 Å². The van der Waals surface area contributed by atoms with Crippen molar-refractivity contribution in [3.8, 4) is 0 Å². The molecule has 2 N–H and O–H groups in total. The molecule has 178 valence electrons. The fraction of sp³-hybridized carbons (Fsp3) is 0.0312. The summed E-state index contributed by atoms with van der Waals surface area (Å²) in [7, 11) is 0. The lowest BCUT2D eigenvalue weighted by molar-refractivity contribution is 0.636. The van der Waals surface area contributed by atoms with E-state index in [2.05, 4.69) is 53.4 Å². The summed E-state index contributed by atoms with van der Waals surface area (Å²) in [6, 6.07) is 30.8. The van der Waals surface area contributed by atoms with Gasteiger partial charge in [-0.1, -0.05) is 72.8 Å². The van der Waals surface area contributed by atoms with Crippen molar-refractivity contribution in [3.63, 3.8) is 0 Å². The third-order valence-electron chi connectivity index (χ3n) is 6.82. The quantitative estimate of drug-likeness (QED) is 0.272. The minimum absolute atomic E-state index is 0.391. The van der Waals surface area contributed by atoms with Crippen LogP contribution in [0, 0.1) is 0 Å². The Hall–Kier alpha value is -5.03. The fourth-order valence-corrected chi connectivity index (χ4v) is 5.22. The fourth-order valence-electron chi connectivity index (χ4n) is 5.22. The highest BCUT2D eigenvalue weighted by atomic mass is 16.3. The maximum atomic E-state index is 6.43. The van der Waals surface area contributed by atoms with Gasteiger partial charge in [-0.3, -0.25) is 4.98 Å². The van der Waals surface area contributed by atoms with Crippen molar-refractivity contribution in [2.24, 2.45) is 0 Å². The van der Waals surface area contributed by atoms with Gasteiger partial charge in [0.25, 0.3) is 0 Å². The molecule has 0 radical (unpaired) electrons. The average molecular weight is 482 g/mol. The van der Waals surface area contributed by atoms with E-state index >= 15 is 0 Å². The van der Waals surface area contributed by atoms with E-state index in [0.29, 0.717) is 17.1 Å². The molecule has 0 bridgehead atoms. The second-order valence-corrected chi connectivity index (χ2v) is 8.97. The summed E-state index contributed by atoms with van der Waals surface area (Å²) in [6.45, 7) is 1.97. The molecular formula is C32H23N3O2. The van der Waals surface area contributed by atoms with E-state index in [0.717, 1.165) is 55.3 Å². The van der Waals surface area contributed by atoms with Crippen LogP contribution in [0.4, 0.5) is 22.9 Å². The highest BCUT2D eigenvalue weighted by Gasteiger charge is 2.25. The summed E-state index contributed by atoms with van der Waals surface area (Å²) in [4.78, 5) is 6.89. The van der Waals surface area contributed by atoms with Gasteiger partial charge in [-0.15, -0.1) is 0 Å². The molecule has 7 rings (SSSR count). The van der Waals surface area contributed by atoms with E-state index in [4.69, 9.17) is 19.6 Å². The van der Waals surface area contributed by atoms with Gasteiger partial charge in [-0.25, -0.2) is 0 Å². The molecular weight excluding hydrogens is 458 g/mol. The number of hydrogen-bond acceptors (Lipinski definition) is 5. The normalized spacial score (nSPS) is 11.9. The monoisotopic (exact) mass is 481 g/mol. The van der Waals surface area contributed by atoms with Crippen LogP contribution in [0.3, 0.4) is 0 Å². The highest BCUT2D eigenvalue weighted by molar-refractivity contribution is 6.12. The van der Waals surface area contributed by atoms with Crippen LogP contribution in [0.2, 0.25) is 0 Å². The lowest BCUT2D eigenvalue weighted by Gasteiger charge is -2.26. The highest BCUT2D eigenvalue weighted by Crippen LogP contribution is 2.47. The van der Waals surface area contributed by atoms with Crippen LogP contribution in [-0.4, -0.2) is 4.98 Å². The molecule has 3 aromatic heterocycles. The van der Waals surface area contributed by atoms with Crippen molar-refractivity contribution in [1.29, 1.82) is 0 Å². The third kappa shape index (κ3) is 3.21. The first-order chi connectivity index (χ1) is 18.2. The number of nitrogens with two attached hydrogens (primary N) is 1. The molecule has 0 aliphatic heterocycles. The molecule has 0 aliphatic rings. The minimum atomic E-state index is 0.391. The van der Waals surface area contributed by atoms with Crippen molar-refractivity contribution in [2.75, 3.05) is 10.6 Å². The van der Waals surface area contributed by atoms with Crippen LogP contribution in [0.15, 0.2) is 112 Å². The number of fused-ring (bicyclic) bond motifs is 5. The zero-order chi connectivity index (χ0) is 24.9. The first kappa shape index (κ1) is 21.3. The third-order valence-corrected chi connectivity index (χ3v) is 6.82. The van der Waals surface area contributed by atoms with Gasteiger partial charge in [0.1, 0.15) is 11.1 Å². The van der Waals surface area contributed by atoms with Crippen molar-refractivity contribution in [1.82, 2.24) is 4.98 Å². The van der Waals surface area contributed by atoms with Gasteiger partial charge >= 0.3 is 0 Å². The Morgan fingerprint density at radius 2 is 1.41 bits per heavy atom. The van der Waals surface area contributed by atoms with Gasteiger partial charge in [0.05, 0.1) is 17.1 Å². The zero-order valence-corrected chi connectivity index (χ0v) is 20.2. The molecule has 0 aliphatic carbocycles. The SMILES string of the molecule is C/C=C\c1c(N)oc2c(N(c3cccc4ccccc34)c3ccnc4c3oc3ccccc34)cccc12. The minimum Gasteiger partial charge on any atom is -0.452 e. The summed E-state index contributed by atoms with van der Waals surface area (Å²) in [6.07, 6.45) is 5.79. The number of hydrogen-bond donors (Lipinski definition) is 1. The van der Waals surface area contributed by atoms with Gasteiger partial charge in [-0.05, 0) is 42.6 Å². The summed E-state index contributed by atoms with van der Waals surface area (Å²) < 4.78 is 12.7. The van der Waals surface area contributed by atoms with E-state index in [1.165, 1.54) is 0 Å². The molecule has 3 heterocycles. The number of nitrogen functional groups attached to an aromatic ring is 1. The van der Waals surface area contributed by atoms with Crippen LogP contribution >= 0.6 is 0 Å². The van der Waals surface area contributed by atoms with E-state index in [9.17, 15) is 0 Å². The van der Waals surface area contributed by atoms with E-state index in [1.54, 1.807) is 0 Å². The van der Waals surface area contributed by atoms with Crippen LogP contribution in [0.5, 0.6) is 0 Å². The predicted octanol–water partition coefficient (Wildman–Crippen LogP) is 8.97. The van der Waals surface area contributed by atoms with Gasteiger partial charge in [0.2, 0.25) is 0 Å². The molecule has 5 nitrogen and oxygen atoms in total. The number of rotatable bonds is 4. The number of pyridine rings is 1. The molecule has 37 heavy (non-hydrogen) atoms. The molecule has 0 fully saturated rings. The Kier molecular flexibility index (Phi) is 4.76. The number of anilines is 4. The van der Waals surface area contributed by atoms with Crippen molar-refractivity contribution in [3.05, 3.63) is 109 Å². The molecule has 0 amide bonds. The smallest absolute Gasteiger partial charge is 0.199 e. The Balaban J connectivity index is 1.61. The number of furan rings is 2. The number of allylic oxidation sites excluding steroid dienone is 1. The van der Waals surface area contributed by atoms with Crippen LogP contribution in [0.25, 0.3) is 49.9 Å². The molecule has 5 heteroatoms. The van der Waals surface area contributed by atoms with E-state index < -0.39 is 0 Å². The second kappa shape index (κ2) is 8.28. The zero-order valence-electron chi connectivity index (χ0n) is 20.2. The van der Waals surface area contributed by atoms with Crippen LogP contribution in [0.1, 0.15) is 12.5 Å². The second-order valence-electron chi connectivity index (χ2n) is 8.97. The van der Waals surface area contributed by atoms with E-state index in [-0.39, 0.29) is 0 Å². The summed E-state index contributed by atoms with van der Waals surface area (Å²) in [5.41, 5.74) is 13.0. The first-order valence-corrected chi connectivity index (χ1v) is 12.2. The predicted molar refractivity (Wildman–Crippen MR) is 153 cm³/mol. The Morgan fingerprint density at radius 3 is 2.30 bits per heavy atom. The molecule has 0 saturated heterocycles. The molecule has 4 aromatic carbocycles. The molecule has 0 saturated carbocycles. The number of benzene rings is 4. The average Bonchev–Trinajstić information content (AvgIpc) is 3.47. The first-order valence-electron chi connectivity index (χ1n) is 12.2. The van der Waals surface area contributed by atoms with Gasteiger partial charge in [0.15, 0.2) is 17.1 Å². The molecule has 0 unspecified atom stereocenters. The summed E-state index contributed by atoms with van der Waals surface area (Å²) in [5, 5.41) is 4.18. The summed E-state index contributed by atoms with van der Waals surface area (Å²) >= 11 is 0. The van der Waals surface area contributed by atoms with Crippen molar-refractivity contribution in [2.45, 2.75) is 6.92 Å².